The fraction of sp³-hybridized carbons (Fsp3) is 0.190. The van der Waals surface area contributed by atoms with Crippen LogP contribution >= 0.6 is 11.6 Å². The first-order chi connectivity index (χ1) is 14.8. The number of rotatable bonds is 8. The molecule has 0 amide bonds. The number of nitro groups is 1. The Bertz CT molecular complexity index is 1090. The van der Waals surface area contributed by atoms with Crippen LogP contribution in [-0.4, -0.2) is 27.5 Å². The van der Waals surface area contributed by atoms with Crippen LogP contribution < -0.4 is 10.6 Å². The van der Waals surface area contributed by atoms with Gasteiger partial charge in [0, 0.05) is 16.4 Å². The van der Waals surface area contributed by atoms with Crippen molar-refractivity contribution in [1.82, 2.24) is 9.97 Å². The topological polar surface area (TPSA) is 119 Å². The van der Waals surface area contributed by atoms with Crippen molar-refractivity contribution in [2.24, 2.45) is 5.92 Å². The van der Waals surface area contributed by atoms with Crippen LogP contribution in [0.1, 0.15) is 24.2 Å². The molecule has 3 rings (SSSR count). The maximum atomic E-state index is 12.0. The molecule has 0 unspecified atom stereocenters. The molecule has 160 valence electrons. The zero-order valence-electron chi connectivity index (χ0n) is 16.8. The fourth-order valence-corrected chi connectivity index (χ4v) is 2.78. The second kappa shape index (κ2) is 9.86. The van der Waals surface area contributed by atoms with Gasteiger partial charge >= 0.3 is 11.7 Å². The molecule has 0 aliphatic heterocycles. The first-order valence-electron chi connectivity index (χ1n) is 9.39. The third-order valence-corrected chi connectivity index (χ3v) is 4.26. The number of esters is 1. The molecular weight excluding hydrogens is 422 g/mol. The smallest absolute Gasteiger partial charge is 0.353 e. The van der Waals surface area contributed by atoms with E-state index in [0.717, 1.165) is 0 Å². The number of aromatic nitrogens is 2. The summed E-state index contributed by atoms with van der Waals surface area (Å²) in [6, 6.07) is 13.1. The Kier molecular flexibility index (Phi) is 6.99. The highest BCUT2D eigenvalue weighted by molar-refractivity contribution is 6.30. The van der Waals surface area contributed by atoms with Gasteiger partial charge in [0.2, 0.25) is 11.6 Å². The van der Waals surface area contributed by atoms with Crippen LogP contribution in [0.5, 0.6) is 0 Å². The van der Waals surface area contributed by atoms with Crippen molar-refractivity contribution in [3.8, 4) is 0 Å². The van der Waals surface area contributed by atoms with Gasteiger partial charge in [-0.1, -0.05) is 31.5 Å². The number of halogens is 1. The Balaban J connectivity index is 1.81. The van der Waals surface area contributed by atoms with E-state index < -0.39 is 10.9 Å². The summed E-state index contributed by atoms with van der Waals surface area (Å²) >= 11 is 5.97. The number of benzene rings is 2. The predicted octanol–water partition coefficient (Wildman–Crippen LogP) is 5.34. The van der Waals surface area contributed by atoms with Gasteiger partial charge in [-0.3, -0.25) is 10.1 Å². The predicted molar refractivity (Wildman–Crippen MR) is 118 cm³/mol. The van der Waals surface area contributed by atoms with E-state index in [9.17, 15) is 14.9 Å². The largest absolute Gasteiger partial charge is 0.462 e. The summed E-state index contributed by atoms with van der Waals surface area (Å²) < 4.78 is 5.19. The number of carbonyl (C=O) groups is 1. The minimum atomic E-state index is -0.577. The second-order valence-corrected chi connectivity index (χ2v) is 7.44. The first kappa shape index (κ1) is 22.0. The van der Waals surface area contributed by atoms with E-state index in [1.165, 1.54) is 6.33 Å². The normalized spacial score (nSPS) is 10.6. The zero-order chi connectivity index (χ0) is 22.4. The molecule has 1 heterocycles. The third kappa shape index (κ3) is 5.89. The molecule has 0 aliphatic carbocycles. The summed E-state index contributed by atoms with van der Waals surface area (Å²) in [5.74, 6) is -0.183. The number of hydrogen-bond donors (Lipinski definition) is 2. The lowest BCUT2D eigenvalue weighted by atomic mass is 10.2. The highest BCUT2D eigenvalue weighted by Crippen LogP contribution is 2.33. The molecular formula is C21H20ClN5O4. The van der Waals surface area contributed by atoms with Gasteiger partial charge in [0.1, 0.15) is 6.33 Å². The number of carbonyl (C=O) groups excluding carboxylic acids is 1. The monoisotopic (exact) mass is 441 g/mol. The average molecular weight is 442 g/mol. The van der Waals surface area contributed by atoms with E-state index in [1.54, 1.807) is 48.5 Å². The van der Waals surface area contributed by atoms with Crippen LogP contribution in [0.25, 0.3) is 0 Å². The Morgan fingerprint density at radius 2 is 1.74 bits per heavy atom. The summed E-state index contributed by atoms with van der Waals surface area (Å²) in [6.07, 6.45) is 1.21. The lowest BCUT2D eigenvalue weighted by molar-refractivity contribution is -0.383. The molecule has 2 aromatic carbocycles. The van der Waals surface area contributed by atoms with Crippen molar-refractivity contribution in [3.05, 3.63) is 75.6 Å². The summed E-state index contributed by atoms with van der Waals surface area (Å²) in [4.78, 5) is 31.2. The van der Waals surface area contributed by atoms with Crippen molar-refractivity contribution in [1.29, 1.82) is 0 Å². The number of ether oxygens (including phenoxy) is 1. The third-order valence-electron chi connectivity index (χ3n) is 4.02. The number of anilines is 4. The Morgan fingerprint density at radius 3 is 2.32 bits per heavy atom. The number of nitrogens with one attached hydrogen (secondary N) is 2. The minimum absolute atomic E-state index is 0.000313. The molecule has 9 nitrogen and oxygen atoms in total. The molecule has 0 fully saturated rings. The van der Waals surface area contributed by atoms with Gasteiger partial charge in [-0.2, -0.15) is 0 Å². The van der Waals surface area contributed by atoms with Crippen LogP contribution in [0.4, 0.5) is 28.7 Å². The summed E-state index contributed by atoms with van der Waals surface area (Å²) in [5, 5.41) is 18.0. The molecule has 1 aromatic heterocycles. The van der Waals surface area contributed by atoms with Crippen LogP contribution in [-0.2, 0) is 4.74 Å². The molecule has 10 heteroatoms. The van der Waals surface area contributed by atoms with Gasteiger partial charge in [-0.25, -0.2) is 14.8 Å². The van der Waals surface area contributed by atoms with Crippen molar-refractivity contribution < 1.29 is 14.5 Å². The molecule has 0 saturated carbocycles. The molecule has 31 heavy (non-hydrogen) atoms. The average Bonchev–Trinajstić information content (AvgIpc) is 2.72. The summed E-state index contributed by atoms with van der Waals surface area (Å²) in [5.41, 5.74) is 1.11. The first-order valence-corrected chi connectivity index (χ1v) is 9.77. The van der Waals surface area contributed by atoms with E-state index >= 15 is 0 Å². The molecule has 0 radical (unpaired) electrons. The maximum Gasteiger partial charge on any atom is 0.353 e. The van der Waals surface area contributed by atoms with Crippen molar-refractivity contribution in [3.63, 3.8) is 0 Å². The molecule has 0 bridgehead atoms. The Morgan fingerprint density at radius 1 is 1.10 bits per heavy atom. The molecule has 2 N–H and O–H groups in total. The lowest BCUT2D eigenvalue weighted by Gasteiger charge is -2.11. The van der Waals surface area contributed by atoms with Crippen molar-refractivity contribution >= 4 is 46.3 Å². The van der Waals surface area contributed by atoms with E-state index in [4.69, 9.17) is 16.3 Å². The lowest BCUT2D eigenvalue weighted by Crippen LogP contribution is -2.10. The van der Waals surface area contributed by atoms with Crippen molar-refractivity contribution in [2.75, 3.05) is 17.2 Å². The molecule has 0 saturated heterocycles. The van der Waals surface area contributed by atoms with Crippen LogP contribution in [0.2, 0.25) is 5.02 Å². The van der Waals surface area contributed by atoms with Gasteiger partial charge in [0.15, 0.2) is 0 Å². The van der Waals surface area contributed by atoms with Crippen LogP contribution in [0.3, 0.4) is 0 Å². The van der Waals surface area contributed by atoms with Gasteiger partial charge < -0.3 is 15.4 Å². The van der Waals surface area contributed by atoms with E-state index in [-0.39, 0.29) is 23.2 Å². The standard InChI is InChI=1S/C21H20ClN5O4/c1-13(2)11-31-21(28)14-6-8-16(9-7-14)25-19-18(27(29)30)20(24-12-23-19)26-17-5-3-4-15(22)10-17/h3-10,12-13H,11H2,1-2H3,(H2,23,24,25,26). The van der Waals surface area contributed by atoms with Gasteiger partial charge in [0.25, 0.3) is 0 Å². The molecule has 0 atom stereocenters. The van der Waals surface area contributed by atoms with E-state index in [2.05, 4.69) is 20.6 Å². The number of nitrogens with zero attached hydrogens (tertiary/aromatic N) is 3. The zero-order valence-corrected chi connectivity index (χ0v) is 17.6. The fourth-order valence-electron chi connectivity index (χ4n) is 2.59. The van der Waals surface area contributed by atoms with Gasteiger partial charge in [-0.15, -0.1) is 0 Å². The summed E-state index contributed by atoms with van der Waals surface area (Å²) in [6.45, 7) is 4.23. The molecule has 0 spiro atoms. The van der Waals surface area contributed by atoms with Crippen LogP contribution in [0.15, 0.2) is 54.9 Å². The highest BCUT2D eigenvalue weighted by atomic mass is 35.5. The van der Waals surface area contributed by atoms with E-state index in [0.29, 0.717) is 28.6 Å². The molecule has 3 aromatic rings. The SMILES string of the molecule is CC(C)COC(=O)c1ccc(Nc2ncnc(Nc3cccc(Cl)c3)c2[N+](=O)[O-])cc1. The van der Waals surface area contributed by atoms with Gasteiger partial charge in [-0.05, 0) is 48.4 Å². The van der Waals surface area contributed by atoms with E-state index in [1.807, 2.05) is 13.8 Å². The maximum absolute atomic E-state index is 12.0. The number of hydrogen-bond acceptors (Lipinski definition) is 8. The second-order valence-electron chi connectivity index (χ2n) is 7.01. The molecule has 0 aliphatic rings. The Hall–Kier alpha value is -3.72. The van der Waals surface area contributed by atoms with Crippen LogP contribution in [0, 0.1) is 16.0 Å². The highest BCUT2D eigenvalue weighted by Gasteiger charge is 2.23. The Labute approximate surface area is 183 Å². The minimum Gasteiger partial charge on any atom is -0.462 e. The summed E-state index contributed by atoms with van der Waals surface area (Å²) in [7, 11) is 0. The van der Waals surface area contributed by atoms with Gasteiger partial charge in [0.05, 0.1) is 17.1 Å². The quantitative estimate of drug-likeness (QED) is 0.273. The van der Waals surface area contributed by atoms with Crippen molar-refractivity contribution in [2.45, 2.75) is 13.8 Å².